The highest BCUT2D eigenvalue weighted by atomic mass is 79.9. The van der Waals surface area contributed by atoms with Crippen LogP contribution in [0.1, 0.15) is 49.2 Å². The molecule has 0 spiro atoms. The molecule has 2 rings (SSSR count). The van der Waals surface area contributed by atoms with E-state index in [0.717, 1.165) is 21.2 Å². The number of ether oxygens (including phenoxy) is 1. The molecule has 1 aliphatic carbocycles. The number of rotatable bonds is 3. The van der Waals surface area contributed by atoms with Crippen LogP contribution in [0.25, 0.3) is 0 Å². The van der Waals surface area contributed by atoms with Gasteiger partial charge in [0.05, 0.1) is 12.7 Å². The lowest BCUT2D eigenvalue weighted by Gasteiger charge is -2.16. The fourth-order valence-electron chi connectivity index (χ4n) is 3.41. The lowest BCUT2D eigenvalue weighted by molar-refractivity contribution is 0.0941. The summed E-state index contributed by atoms with van der Waals surface area (Å²) in [6.07, 6.45) is 0. The summed E-state index contributed by atoms with van der Waals surface area (Å²) in [7, 11) is 1.63. The zero-order valence-corrected chi connectivity index (χ0v) is 14.9. The van der Waals surface area contributed by atoms with Gasteiger partial charge in [0.15, 0.2) is 5.78 Å². The standard InChI is InChI=1S/C17H23BrO2/c1-9-8-11(18)10(2)12(14(9)20-7)13(19)15-16(3,4)17(15,5)6/h8,15H,1-7H3. The minimum Gasteiger partial charge on any atom is -0.496 e. The second kappa shape index (κ2) is 4.59. The van der Waals surface area contributed by atoms with Crippen molar-refractivity contribution in [1.29, 1.82) is 0 Å². The number of benzene rings is 1. The number of hydrogen-bond donors (Lipinski definition) is 0. The third-order valence-electron chi connectivity index (χ3n) is 5.40. The van der Waals surface area contributed by atoms with Crippen LogP contribution in [0.15, 0.2) is 10.5 Å². The van der Waals surface area contributed by atoms with Crippen LogP contribution >= 0.6 is 15.9 Å². The van der Waals surface area contributed by atoms with Gasteiger partial charge in [0.25, 0.3) is 0 Å². The second-order valence-corrected chi connectivity index (χ2v) is 7.80. The number of carbonyl (C=O) groups is 1. The summed E-state index contributed by atoms with van der Waals surface area (Å²) in [5.74, 6) is 0.976. The molecule has 0 aromatic heterocycles. The Kier molecular flexibility index (Phi) is 3.57. The number of methoxy groups -OCH3 is 1. The van der Waals surface area contributed by atoms with E-state index in [4.69, 9.17) is 4.74 Å². The molecule has 0 unspecified atom stereocenters. The van der Waals surface area contributed by atoms with E-state index in [1.165, 1.54) is 0 Å². The Morgan fingerprint density at radius 3 is 2.10 bits per heavy atom. The van der Waals surface area contributed by atoms with Crippen LogP contribution in [0.5, 0.6) is 5.75 Å². The van der Waals surface area contributed by atoms with E-state index in [0.29, 0.717) is 5.75 Å². The number of Topliss-reactive ketones (excluding diaryl/α,β-unsaturated/α-hetero) is 1. The maximum absolute atomic E-state index is 13.0. The molecule has 110 valence electrons. The van der Waals surface area contributed by atoms with Crippen molar-refractivity contribution in [2.24, 2.45) is 16.7 Å². The van der Waals surface area contributed by atoms with Gasteiger partial charge in [-0.1, -0.05) is 43.6 Å². The first-order valence-corrected chi connectivity index (χ1v) is 7.74. The molecule has 2 nitrogen and oxygen atoms in total. The van der Waals surface area contributed by atoms with Crippen molar-refractivity contribution in [2.75, 3.05) is 7.11 Å². The molecule has 0 heterocycles. The highest BCUT2D eigenvalue weighted by molar-refractivity contribution is 9.10. The summed E-state index contributed by atoms with van der Waals surface area (Å²) in [6.45, 7) is 12.6. The molecule has 3 heteroatoms. The Labute approximate surface area is 130 Å². The van der Waals surface area contributed by atoms with Crippen molar-refractivity contribution in [3.05, 3.63) is 27.2 Å². The monoisotopic (exact) mass is 338 g/mol. The van der Waals surface area contributed by atoms with E-state index in [1.807, 2.05) is 19.9 Å². The molecule has 0 saturated heterocycles. The van der Waals surface area contributed by atoms with E-state index in [9.17, 15) is 4.79 Å². The van der Waals surface area contributed by atoms with Crippen LogP contribution in [0.4, 0.5) is 0 Å². The Hall–Kier alpha value is -0.830. The van der Waals surface area contributed by atoms with Gasteiger partial charge >= 0.3 is 0 Å². The van der Waals surface area contributed by atoms with Gasteiger partial charge in [-0.25, -0.2) is 0 Å². The first kappa shape index (κ1) is 15.6. The minimum atomic E-state index is 0.0394. The third-order valence-corrected chi connectivity index (χ3v) is 6.22. The Morgan fingerprint density at radius 1 is 1.20 bits per heavy atom. The first-order valence-electron chi connectivity index (χ1n) is 6.95. The molecule has 1 aliphatic rings. The molecular weight excluding hydrogens is 316 g/mol. The van der Waals surface area contributed by atoms with Gasteiger partial charge in [0.1, 0.15) is 5.75 Å². The average Bonchev–Trinajstić information content (AvgIpc) is 2.73. The third kappa shape index (κ3) is 1.93. The highest BCUT2D eigenvalue weighted by Gasteiger charge is 2.68. The number of hydrogen-bond acceptors (Lipinski definition) is 2. The summed E-state index contributed by atoms with van der Waals surface area (Å²) in [5, 5.41) is 0. The quantitative estimate of drug-likeness (QED) is 0.729. The Bertz CT molecular complexity index is 571. The van der Waals surface area contributed by atoms with Crippen molar-refractivity contribution in [1.82, 2.24) is 0 Å². The predicted molar refractivity (Wildman–Crippen MR) is 85.6 cm³/mol. The number of carbonyl (C=O) groups excluding carboxylic acids is 1. The zero-order chi connectivity index (χ0) is 15.5. The maximum Gasteiger partial charge on any atom is 0.171 e. The average molecular weight is 339 g/mol. The molecule has 0 amide bonds. The number of aryl methyl sites for hydroxylation is 1. The maximum atomic E-state index is 13.0. The molecule has 0 aliphatic heterocycles. The molecule has 1 aromatic rings. The van der Waals surface area contributed by atoms with Crippen molar-refractivity contribution in [2.45, 2.75) is 41.5 Å². The molecule has 0 atom stereocenters. The highest BCUT2D eigenvalue weighted by Crippen LogP contribution is 2.69. The van der Waals surface area contributed by atoms with Gasteiger partial charge in [-0.3, -0.25) is 4.79 Å². The molecule has 1 aromatic carbocycles. The lowest BCUT2D eigenvalue weighted by Crippen LogP contribution is -2.12. The molecule has 20 heavy (non-hydrogen) atoms. The Morgan fingerprint density at radius 2 is 1.70 bits per heavy atom. The molecule has 1 fully saturated rings. The van der Waals surface area contributed by atoms with Crippen LogP contribution in [0.3, 0.4) is 0 Å². The summed E-state index contributed by atoms with van der Waals surface area (Å²) >= 11 is 3.55. The molecule has 0 radical (unpaired) electrons. The smallest absolute Gasteiger partial charge is 0.171 e. The van der Waals surface area contributed by atoms with E-state index in [1.54, 1.807) is 7.11 Å². The minimum absolute atomic E-state index is 0.0394. The second-order valence-electron chi connectivity index (χ2n) is 6.95. The van der Waals surface area contributed by atoms with Crippen LogP contribution < -0.4 is 4.74 Å². The summed E-state index contributed by atoms with van der Waals surface area (Å²) < 4.78 is 6.47. The van der Waals surface area contributed by atoms with E-state index in [-0.39, 0.29) is 22.5 Å². The largest absolute Gasteiger partial charge is 0.496 e. The molecule has 1 saturated carbocycles. The van der Waals surface area contributed by atoms with Crippen molar-refractivity contribution >= 4 is 21.7 Å². The van der Waals surface area contributed by atoms with Crippen LogP contribution in [-0.4, -0.2) is 12.9 Å². The van der Waals surface area contributed by atoms with Crippen molar-refractivity contribution < 1.29 is 9.53 Å². The van der Waals surface area contributed by atoms with Crippen LogP contribution in [0.2, 0.25) is 0 Å². The molecule has 0 bridgehead atoms. The van der Waals surface area contributed by atoms with Gasteiger partial charge in [-0.2, -0.15) is 0 Å². The fourth-order valence-corrected chi connectivity index (χ4v) is 3.95. The van der Waals surface area contributed by atoms with Crippen molar-refractivity contribution in [3.63, 3.8) is 0 Å². The summed E-state index contributed by atoms with van der Waals surface area (Å²) in [6, 6.07) is 2.01. The predicted octanol–water partition coefficient (Wildman–Crippen LogP) is 4.94. The van der Waals surface area contributed by atoms with E-state index in [2.05, 4.69) is 43.6 Å². The first-order chi connectivity index (χ1) is 9.07. The Balaban J connectivity index is 2.57. The summed E-state index contributed by atoms with van der Waals surface area (Å²) in [4.78, 5) is 13.0. The number of halogens is 1. The topological polar surface area (TPSA) is 26.3 Å². The van der Waals surface area contributed by atoms with Gasteiger partial charge < -0.3 is 4.74 Å². The van der Waals surface area contributed by atoms with Gasteiger partial charge in [0.2, 0.25) is 0 Å². The van der Waals surface area contributed by atoms with E-state index >= 15 is 0 Å². The fraction of sp³-hybridized carbons (Fsp3) is 0.588. The van der Waals surface area contributed by atoms with Crippen LogP contribution in [0, 0.1) is 30.6 Å². The number of ketones is 1. The lowest BCUT2D eigenvalue weighted by atomic mass is 9.94. The normalized spacial score (nSPS) is 19.8. The SMILES string of the molecule is COc1c(C)cc(Br)c(C)c1C(=O)C1C(C)(C)C1(C)C. The van der Waals surface area contributed by atoms with E-state index < -0.39 is 0 Å². The van der Waals surface area contributed by atoms with Gasteiger partial charge in [-0.15, -0.1) is 0 Å². The summed E-state index contributed by atoms with van der Waals surface area (Å²) in [5.41, 5.74) is 2.78. The van der Waals surface area contributed by atoms with Crippen molar-refractivity contribution in [3.8, 4) is 5.75 Å². The zero-order valence-electron chi connectivity index (χ0n) is 13.3. The molecular formula is C17H23BrO2. The molecule has 0 N–H and O–H groups in total. The van der Waals surface area contributed by atoms with Gasteiger partial charge in [0, 0.05) is 10.4 Å². The van der Waals surface area contributed by atoms with Gasteiger partial charge in [-0.05, 0) is 41.9 Å². The van der Waals surface area contributed by atoms with Crippen LogP contribution in [-0.2, 0) is 0 Å².